The van der Waals surface area contributed by atoms with E-state index in [0.29, 0.717) is 0 Å². The van der Waals surface area contributed by atoms with Crippen LogP contribution in [-0.2, 0) is 0 Å². The van der Waals surface area contributed by atoms with E-state index < -0.39 is 0 Å². The minimum atomic E-state index is -0.281. The zero-order chi connectivity index (χ0) is 7.83. The second kappa shape index (κ2) is 2.73. The molecule has 0 bridgehead atoms. The largest absolute Gasteiger partial charge is 0.396 e. The Morgan fingerprint density at radius 3 is 1.90 bits per heavy atom. The first-order valence-electron chi connectivity index (χ1n) is 3.11. The number of aliphatic hydroxyl groups is 2. The van der Waals surface area contributed by atoms with Crippen molar-refractivity contribution in [1.82, 2.24) is 0 Å². The van der Waals surface area contributed by atoms with Gasteiger partial charge in [0.15, 0.2) is 0 Å². The van der Waals surface area contributed by atoms with Crippen molar-refractivity contribution in [1.29, 1.82) is 0 Å². The number of hydrogen-bond acceptors (Lipinski definition) is 2. The maximum Gasteiger partial charge on any atom is 0.0523 e. The Morgan fingerprint density at radius 2 is 1.80 bits per heavy atom. The summed E-state index contributed by atoms with van der Waals surface area (Å²) in [4.78, 5) is 0. The summed E-state index contributed by atoms with van der Waals surface area (Å²) in [6.07, 6.45) is 0.845. The molecule has 0 aromatic carbocycles. The Hall–Kier alpha value is 0.880. The summed E-state index contributed by atoms with van der Waals surface area (Å²) < 4.78 is -0.0660. The maximum atomic E-state index is 8.91. The second-order valence-corrected chi connectivity index (χ2v) is 4.95. The van der Waals surface area contributed by atoms with Crippen molar-refractivity contribution in [2.75, 3.05) is 18.5 Å². The van der Waals surface area contributed by atoms with E-state index in [-0.39, 0.29) is 23.0 Å². The van der Waals surface area contributed by atoms with Gasteiger partial charge in [-0.25, -0.2) is 0 Å². The fourth-order valence-corrected chi connectivity index (χ4v) is 2.71. The van der Waals surface area contributed by atoms with Gasteiger partial charge in [0.25, 0.3) is 0 Å². The number of hydrogen-bond donors (Lipinski definition) is 2. The fraction of sp³-hybridized carbons (Fsp3) is 1.00. The van der Waals surface area contributed by atoms with E-state index in [9.17, 15) is 0 Å². The molecular weight excluding hydrogens is 264 g/mol. The van der Waals surface area contributed by atoms with Crippen LogP contribution in [0.3, 0.4) is 0 Å². The number of rotatable bonds is 3. The Labute approximate surface area is 76.9 Å². The molecule has 0 heterocycles. The first-order valence-corrected chi connectivity index (χ1v) is 5.02. The lowest BCUT2D eigenvalue weighted by atomic mass is 10.1. The van der Waals surface area contributed by atoms with E-state index in [2.05, 4.69) is 31.9 Å². The van der Waals surface area contributed by atoms with Crippen molar-refractivity contribution in [2.24, 2.45) is 5.41 Å². The third-order valence-corrected chi connectivity index (χ3v) is 5.37. The minimum absolute atomic E-state index is 0.0559. The topological polar surface area (TPSA) is 40.5 Å². The quantitative estimate of drug-likeness (QED) is 0.750. The molecule has 0 amide bonds. The molecule has 0 saturated heterocycles. The number of alkyl halides is 2. The highest BCUT2D eigenvalue weighted by molar-refractivity contribution is 9.12. The molecular formula is C6H10Br2O2. The standard InChI is InChI=1S/C6H10Br2O2/c7-2-6(8)1-5(6,3-9)4-10/h9-10H,1-4H2. The zero-order valence-corrected chi connectivity index (χ0v) is 8.65. The molecule has 1 rings (SSSR count). The smallest absolute Gasteiger partial charge is 0.0523 e. The van der Waals surface area contributed by atoms with Crippen LogP contribution in [0.4, 0.5) is 0 Å². The molecule has 10 heavy (non-hydrogen) atoms. The molecule has 1 aliphatic rings. The summed E-state index contributed by atoms with van der Waals surface area (Å²) in [6.45, 7) is 0.112. The first kappa shape index (κ1) is 8.97. The van der Waals surface area contributed by atoms with Gasteiger partial charge in [-0.15, -0.1) is 0 Å². The molecule has 1 saturated carbocycles. The highest BCUT2D eigenvalue weighted by Gasteiger charge is 2.64. The van der Waals surface area contributed by atoms with E-state index >= 15 is 0 Å². The molecule has 0 spiro atoms. The Kier molecular flexibility index (Phi) is 2.45. The van der Waals surface area contributed by atoms with Gasteiger partial charge in [0.1, 0.15) is 0 Å². The van der Waals surface area contributed by atoms with E-state index in [0.717, 1.165) is 11.8 Å². The summed E-state index contributed by atoms with van der Waals surface area (Å²) in [6, 6.07) is 0. The van der Waals surface area contributed by atoms with E-state index in [4.69, 9.17) is 10.2 Å². The maximum absolute atomic E-state index is 8.91. The summed E-state index contributed by atoms with van der Waals surface area (Å²) in [5, 5.41) is 18.6. The van der Waals surface area contributed by atoms with Crippen molar-refractivity contribution in [3.63, 3.8) is 0 Å². The SMILES string of the molecule is OCC1(CO)CC1(Br)CBr. The van der Waals surface area contributed by atoms with Crippen molar-refractivity contribution in [2.45, 2.75) is 10.7 Å². The van der Waals surface area contributed by atoms with Crippen LogP contribution in [0.25, 0.3) is 0 Å². The van der Waals surface area contributed by atoms with Gasteiger partial charge >= 0.3 is 0 Å². The molecule has 1 atom stereocenters. The van der Waals surface area contributed by atoms with Crippen LogP contribution >= 0.6 is 31.9 Å². The average Bonchev–Trinajstić information content (AvgIpc) is 2.59. The molecule has 0 aliphatic heterocycles. The lowest BCUT2D eigenvalue weighted by Gasteiger charge is -2.13. The van der Waals surface area contributed by atoms with Crippen LogP contribution in [-0.4, -0.2) is 33.1 Å². The lowest BCUT2D eigenvalue weighted by molar-refractivity contribution is 0.129. The van der Waals surface area contributed by atoms with Crippen molar-refractivity contribution in [3.8, 4) is 0 Å². The highest BCUT2D eigenvalue weighted by Crippen LogP contribution is 2.62. The Balaban J connectivity index is 2.59. The number of aliphatic hydroxyl groups excluding tert-OH is 2. The monoisotopic (exact) mass is 272 g/mol. The van der Waals surface area contributed by atoms with Gasteiger partial charge in [-0.3, -0.25) is 0 Å². The van der Waals surface area contributed by atoms with Crippen LogP contribution < -0.4 is 0 Å². The molecule has 0 radical (unpaired) electrons. The van der Waals surface area contributed by atoms with Gasteiger partial charge in [-0.05, 0) is 6.42 Å². The van der Waals surface area contributed by atoms with Gasteiger partial charge < -0.3 is 10.2 Å². The summed E-state index contributed by atoms with van der Waals surface area (Å²) in [7, 11) is 0. The van der Waals surface area contributed by atoms with Crippen molar-refractivity contribution in [3.05, 3.63) is 0 Å². The zero-order valence-electron chi connectivity index (χ0n) is 5.48. The third kappa shape index (κ3) is 1.05. The van der Waals surface area contributed by atoms with Crippen LogP contribution in [0.2, 0.25) is 0 Å². The minimum Gasteiger partial charge on any atom is -0.396 e. The molecule has 2 N–H and O–H groups in total. The van der Waals surface area contributed by atoms with Gasteiger partial charge in [0.2, 0.25) is 0 Å². The van der Waals surface area contributed by atoms with Gasteiger partial charge in [0, 0.05) is 15.1 Å². The van der Waals surface area contributed by atoms with Crippen LogP contribution in [0.1, 0.15) is 6.42 Å². The second-order valence-electron chi connectivity index (χ2n) is 2.87. The van der Waals surface area contributed by atoms with Crippen molar-refractivity contribution < 1.29 is 10.2 Å². The highest BCUT2D eigenvalue weighted by atomic mass is 79.9. The van der Waals surface area contributed by atoms with E-state index in [1.807, 2.05) is 0 Å². The first-order chi connectivity index (χ1) is 4.64. The average molecular weight is 274 g/mol. The third-order valence-electron chi connectivity index (χ3n) is 2.26. The molecule has 1 unspecified atom stereocenters. The number of halogens is 2. The molecule has 60 valence electrons. The molecule has 4 heteroatoms. The Bertz CT molecular complexity index is 136. The predicted molar refractivity (Wildman–Crippen MR) is 46.7 cm³/mol. The molecule has 0 aromatic heterocycles. The van der Waals surface area contributed by atoms with Gasteiger partial charge in [0.05, 0.1) is 13.2 Å². The van der Waals surface area contributed by atoms with Crippen molar-refractivity contribution >= 4 is 31.9 Å². The van der Waals surface area contributed by atoms with Gasteiger partial charge in [-0.1, -0.05) is 31.9 Å². The van der Waals surface area contributed by atoms with E-state index in [1.54, 1.807) is 0 Å². The summed E-state index contributed by atoms with van der Waals surface area (Å²) in [5.41, 5.74) is -0.281. The van der Waals surface area contributed by atoms with Crippen LogP contribution in [0.5, 0.6) is 0 Å². The van der Waals surface area contributed by atoms with Crippen LogP contribution in [0.15, 0.2) is 0 Å². The molecule has 1 fully saturated rings. The van der Waals surface area contributed by atoms with Crippen LogP contribution in [0, 0.1) is 5.41 Å². The van der Waals surface area contributed by atoms with E-state index in [1.165, 1.54) is 0 Å². The molecule has 1 aliphatic carbocycles. The lowest BCUT2D eigenvalue weighted by Crippen LogP contribution is -2.23. The predicted octanol–water partition coefficient (Wildman–Crippen LogP) is 0.890. The Morgan fingerprint density at radius 1 is 1.30 bits per heavy atom. The molecule has 2 nitrogen and oxygen atoms in total. The summed E-state index contributed by atoms with van der Waals surface area (Å²) >= 11 is 6.79. The normalized spacial score (nSPS) is 36.0. The summed E-state index contributed by atoms with van der Waals surface area (Å²) in [5.74, 6) is 0. The fourth-order valence-electron chi connectivity index (χ4n) is 1.13. The van der Waals surface area contributed by atoms with Gasteiger partial charge in [-0.2, -0.15) is 0 Å². The molecule has 0 aromatic rings.